The Morgan fingerprint density at radius 2 is 1.41 bits per heavy atom. The van der Waals surface area contributed by atoms with Gasteiger partial charge in [0.05, 0.1) is 35.9 Å². The normalized spacial score (nSPS) is 14.1. The van der Waals surface area contributed by atoms with Crippen molar-refractivity contribution in [2.45, 2.75) is 84.2 Å². The molecular formula is C31H42FNP+. The molecule has 34 heavy (non-hydrogen) atoms. The second kappa shape index (κ2) is 11.8. The van der Waals surface area contributed by atoms with E-state index >= 15 is 0 Å². The Morgan fingerprint density at radius 3 is 1.97 bits per heavy atom. The van der Waals surface area contributed by atoms with Crippen LogP contribution in [0.2, 0.25) is 0 Å². The number of para-hydroxylation sites is 1. The summed E-state index contributed by atoms with van der Waals surface area (Å²) in [5.74, 6) is 0.436. The summed E-state index contributed by atoms with van der Waals surface area (Å²) in [5.41, 5.74) is 6.43. The molecule has 1 nitrogen and oxygen atoms in total. The second-order valence-corrected chi connectivity index (χ2v) is 14.7. The van der Waals surface area contributed by atoms with Gasteiger partial charge in [-0.05, 0) is 61.4 Å². The maximum Gasteiger partial charge on any atom is 0.123 e. The number of rotatable bonds is 13. The Kier molecular flexibility index (Phi) is 8.75. The van der Waals surface area contributed by atoms with Crippen LogP contribution in [0.5, 0.6) is 0 Å². The molecule has 0 saturated heterocycles. The van der Waals surface area contributed by atoms with Crippen molar-refractivity contribution in [3.05, 3.63) is 65.6 Å². The summed E-state index contributed by atoms with van der Waals surface area (Å²) in [6.07, 6.45) is 15.8. The van der Waals surface area contributed by atoms with Gasteiger partial charge < -0.3 is 0 Å². The van der Waals surface area contributed by atoms with Crippen LogP contribution < -0.4 is 0 Å². The maximum atomic E-state index is 13.9. The zero-order valence-electron chi connectivity index (χ0n) is 21.5. The van der Waals surface area contributed by atoms with E-state index in [-0.39, 0.29) is 5.82 Å². The number of unbranched alkanes of at least 4 members (excludes halogenated alkanes) is 3. The second-order valence-electron chi connectivity index (χ2n) is 10.4. The van der Waals surface area contributed by atoms with Crippen molar-refractivity contribution in [1.29, 1.82) is 0 Å². The van der Waals surface area contributed by atoms with E-state index in [4.69, 9.17) is 4.98 Å². The Bertz CT molecular complexity index is 1050. The van der Waals surface area contributed by atoms with Gasteiger partial charge in [0, 0.05) is 24.1 Å². The summed E-state index contributed by atoms with van der Waals surface area (Å²) >= 11 is 0. The molecule has 182 valence electrons. The minimum atomic E-state index is -1.16. The summed E-state index contributed by atoms with van der Waals surface area (Å²) in [7, 11) is -1.16. The maximum absolute atomic E-state index is 13.9. The number of pyridine rings is 1. The quantitative estimate of drug-likeness (QED) is 0.223. The summed E-state index contributed by atoms with van der Waals surface area (Å²) in [4.78, 5) is 5.31. The molecule has 4 rings (SSSR count). The molecule has 2 aromatic carbocycles. The molecule has 1 aliphatic carbocycles. The standard InChI is InChI=1S/C31H42FNP/c1-4-7-20-34(21-8-5-2,22-9-6-3)23-28-30(24-16-18-26(32)19-17-24)27-12-10-11-13-29(27)33-31(28)25-14-15-25/h10-13,16-19,25H,4-9,14-15,20-23H2,1-3H3/q+1. The van der Waals surface area contributed by atoms with E-state index in [0.29, 0.717) is 5.92 Å². The van der Waals surface area contributed by atoms with E-state index in [1.54, 1.807) is 12.1 Å². The lowest BCUT2D eigenvalue weighted by Crippen LogP contribution is -2.14. The van der Waals surface area contributed by atoms with Crippen LogP contribution in [-0.4, -0.2) is 23.5 Å². The van der Waals surface area contributed by atoms with E-state index < -0.39 is 7.26 Å². The fourth-order valence-corrected chi connectivity index (χ4v) is 10.6. The van der Waals surface area contributed by atoms with Gasteiger partial charge in [-0.25, -0.2) is 4.39 Å². The van der Waals surface area contributed by atoms with Crippen molar-refractivity contribution in [1.82, 2.24) is 4.98 Å². The van der Waals surface area contributed by atoms with Gasteiger partial charge in [0.15, 0.2) is 0 Å². The zero-order chi connectivity index (χ0) is 24.0. The predicted octanol–water partition coefficient (Wildman–Crippen LogP) is 9.84. The largest absolute Gasteiger partial charge is 0.252 e. The highest BCUT2D eigenvalue weighted by Crippen LogP contribution is 2.65. The Hall–Kier alpha value is -1.79. The van der Waals surface area contributed by atoms with Crippen LogP contribution in [0.3, 0.4) is 0 Å². The van der Waals surface area contributed by atoms with Gasteiger partial charge in [0.25, 0.3) is 0 Å². The molecule has 1 saturated carbocycles. The third kappa shape index (κ3) is 5.88. The molecule has 3 aromatic rings. The van der Waals surface area contributed by atoms with Crippen LogP contribution in [0.4, 0.5) is 4.39 Å². The third-order valence-electron chi connectivity index (χ3n) is 7.57. The monoisotopic (exact) mass is 478 g/mol. The highest BCUT2D eigenvalue weighted by atomic mass is 31.2. The Balaban J connectivity index is 1.91. The van der Waals surface area contributed by atoms with Crippen LogP contribution in [0.25, 0.3) is 22.0 Å². The minimum Gasteiger partial charge on any atom is -0.252 e. The zero-order valence-corrected chi connectivity index (χ0v) is 22.3. The van der Waals surface area contributed by atoms with Crippen LogP contribution in [-0.2, 0) is 6.16 Å². The fourth-order valence-electron chi connectivity index (χ4n) is 5.46. The van der Waals surface area contributed by atoms with E-state index in [1.165, 1.54) is 98.2 Å². The molecule has 3 heteroatoms. The van der Waals surface area contributed by atoms with Gasteiger partial charge >= 0.3 is 0 Å². The average molecular weight is 479 g/mol. The number of hydrogen-bond acceptors (Lipinski definition) is 1. The predicted molar refractivity (Wildman–Crippen MR) is 149 cm³/mol. The van der Waals surface area contributed by atoms with Gasteiger partial charge in [-0.1, -0.05) is 70.4 Å². The molecule has 1 fully saturated rings. The topological polar surface area (TPSA) is 12.9 Å². The summed E-state index contributed by atoms with van der Waals surface area (Å²) in [5, 5.41) is 1.23. The summed E-state index contributed by atoms with van der Waals surface area (Å²) in [6, 6.07) is 15.8. The van der Waals surface area contributed by atoms with Gasteiger partial charge in [0.2, 0.25) is 0 Å². The van der Waals surface area contributed by atoms with E-state index in [9.17, 15) is 4.39 Å². The fraction of sp³-hybridized carbons (Fsp3) is 0.516. The molecule has 0 amide bonds. The molecule has 0 unspecified atom stereocenters. The number of nitrogens with zero attached hydrogens (tertiary/aromatic N) is 1. The van der Waals surface area contributed by atoms with Gasteiger partial charge in [-0.15, -0.1) is 0 Å². The van der Waals surface area contributed by atoms with E-state index in [0.717, 1.165) is 11.1 Å². The summed E-state index contributed by atoms with van der Waals surface area (Å²) in [6.45, 7) is 7.02. The Morgan fingerprint density at radius 1 is 0.824 bits per heavy atom. The van der Waals surface area contributed by atoms with Crippen molar-refractivity contribution in [3.8, 4) is 11.1 Å². The SMILES string of the molecule is CCCC[P+](CCCC)(CCCC)Cc1c(C2CC2)nc2ccccc2c1-c1ccc(F)cc1. The van der Waals surface area contributed by atoms with Gasteiger partial charge in [0.1, 0.15) is 5.82 Å². The van der Waals surface area contributed by atoms with E-state index in [1.807, 2.05) is 12.1 Å². The number of fused-ring (bicyclic) bond motifs is 1. The van der Waals surface area contributed by atoms with Crippen molar-refractivity contribution < 1.29 is 4.39 Å². The lowest BCUT2D eigenvalue weighted by molar-refractivity contribution is 0.628. The van der Waals surface area contributed by atoms with Crippen molar-refractivity contribution in [2.24, 2.45) is 0 Å². The van der Waals surface area contributed by atoms with Crippen LogP contribution >= 0.6 is 7.26 Å². The summed E-state index contributed by atoms with van der Waals surface area (Å²) < 4.78 is 13.9. The molecule has 1 aliphatic rings. The molecule has 1 aromatic heterocycles. The molecular weight excluding hydrogens is 436 g/mol. The lowest BCUT2D eigenvalue weighted by Gasteiger charge is -2.30. The number of hydrogen-bond donors (Lipinski definition) is 0. The van der Waals surface area contributed by atoms with Gasteiger partial charge in [-0.3, -0.25) is 4.98 Å². The van der Waals surface area contributed by atoms with Gasteiger partial charge in [-0.2, -0.15) is 0 Å². The molecule has 0 aliphatic heterocycles. The molecule has 0 atom stereocenters. The minimum absolute atomic E-state index is 0.165. The first-order valence-electron chi connectivity index (χ1n) is 13.6. The highest BCUT2D eigenvalue weighted by Gasteiger charge is 2.40. The van der Waals surface area contributed by atoms with Crippen LogP contribution in [0.1, 0.15) is 89.3 Å². The van der Waals surface area contributed by atoms with E-state index in [2.05, 4.69) is 45.0 Å². The molecule has 0 radical (unpaired) electrons. The first-order chi connectivity index (χ1) is 16.6. The molecule has 0 spiro atoms. The van der Waals surface area contributed by atoms with Crippen molar-refractivity contribution in [3.63, 3.8) is 0 Å². The molecule has 0 N–H and O–H groups in total. The average Bonchev–Trinajstić information content (AvgIpc) is 3.70. The number of aromatic nitrogens is 1. The van der Waals surface area contributed by atoms with Crippen LogP contribution in [0, 0.1) is 5.82 Å². The van der Waals surface area contributed by atoms with Crippen LogP contribution in [0.15, 0.2) is 48.5 Å². The molecule has 0 bridgehead atoms. The lowest BCUT2D eigenvalue weighted by atomic mass is 9.93. The highest BCUT2D eigenvalue weighted by molar-refractivity contribution is 7.75. The molecule has 1 heterocycles. The van der Waals surface area contributed by atoms with Crippen molar-refractivity contribution >= 4 is 18.2 Å². The van der Waals surface area contributed by atoms with Crippen molar-refractivity contribution in [2.75, 3.05) is 18.5 Å². The first kappa shape index (κ1) is 25.3. The third-order valence-corrected chi connectivity index (χ3v) is 12.4. The number of halogens is 1. The Labute approximate surface area is 206 Å². The first-order valence-corrected chi connectivity index (χ1v) is 16.2. The smallest absolute Gasteiger partial charge is 0.123 e. The number of benzene rings is 2.